The Balaban J connectivity index is 1.82. The Bertz CT molecular complexity index is 572. The van der Waals surface area contributed by atoms with Gasteiger partial charge >= 0.3 is 0 Å². The van der Waals surface area contributed by atoms with Gasteiger partial charge < -0.3 is 20.9 Å². The molecular weight excluding hydrogens is 264 g/mol. The third-order valence-corrected chi connectivity index (χ3v) is 3.18. The van der Waals surface area contributed by atoms with Crippen LogP contribution in [0.3, 0.4) is 0 Å². The van der Waals surface area contributed by atoms with E-state index < -0.39 is 0 Å². The summed E-state index contributed by atoms with van der Waals surface area (Å²) in [5, 5.41) is 0. The molecule has 4 heteroatoms. The number of anilines is 2. The molecule has 0 radical (unpaired) electrons. The van der Waals surface area contributed by atoms with E-state index in [1.165, 1.54) is 0 Å². The Morgan fingerprint density at radius 2 is 1.57 bits per heavy atom. The monoisotopic (exact) mass is 286 g/mol. The Morgan fingerprint density at radius 3 is 2.19 bits per heavy atom. The fourth-order valence-electron chi connectivity index (χ4n) is 2.04. The Labute approximate surface area is 125 Å². The quantitative estimate of drug-likeness (QED) is 0.764. The normalized spacial score (nSPS) is 11.9. The van der Waals surface area contributed by atoms with Crippen molar-refractivity contribution in [1.82, 2.24) is 0 Å². The van der Waals surface area contributed by atoms with E-state index in [2.05, 4.69) is 6.92 Å². The van der Waals surface area contributed by atoms with E-state index in [-0.39, 0.29) is 6.10 Å². The summed E-state index contributed by atoms with van der Waals surface area (Å²) in [4.78, 5) is 0. The summed E-state index contributed by atoms with van der Waals surface area (Å²) < 4.78 is 11.6. The van der Waals surface area contributed by atoms with Gasteiger partial charge in [-0.2, -0.15) is 0 Å². The fourth-order valence-corrected chi connectivity index (χ4v) is 2.04. The zero-order valence-electron chi connectivity index (χ0n) is 12.3. The Kier molecular flexibility index (Phi) is 5.32. The van der Waals surface area contributed by atoms with Gasteiger partial charge in [0.2, 0.25) is 0 Å². The van der Waals surface area contributed by atoms with Crippen LogP contribution >= 0.6 is 0 Å². The summed E-state index contributed by atoms with van der Waals surface area (Å²) in [6.45, 7) is 2.68. The highest BCUT2D eigenvalue weighted by Crippen LogP contribution is 2.19. The molecular formula is C17H22N2O2. The first-order valence-electron chi connectivity index (χ1n) is 7.18. The largest absolute Gasteiger partial charge is 0.493 e. The molecule has 4 N–H and O–H groups in total. The first kappa shape index (κ1) is 15.0. The molecule has 21 heavy (non-hydrogen) atoms. The molecule has 2 aromatic rings. The van der Waals surface area contributed by atoms with Crippen molar-refractivity contribution in [3.05, 3.63) is 48.5 Å². The lowest BCUT2D eigenvalue weighted by Gasteiger charge is -2.18. The first-order valence-corrected chi connectivity index (χ1v) is 7.18. The second-order valence-corrected chi connectivity index (χ2v) is 4.93. The third kappa shape index (κ3) is 4.91. The summed E-state index contributed by atoms with van der Waals surface area (Å²) in [7, 11) is 0. The number of benzene rings is 2. The smallest absolute Gasteiger partial charge is 0.121 e. The average molecular weight is 286 g/mol. The van der Waals surface area contributed by atoms with Gasteiger partial charge in [0.1, 0.15) is 17.6 Å². The average Bonchev–Trinajstić information content (AvgIpc) is 2.46. The van der Waals surface area contributed by atoms with Crippen LogP contribution in [0, 0.1) is 0 Å². The fraction of sp³-hybridized carbons (Fsp3) is 0.294. The van der Waals surface area contributed by atoms with Crippen LogP contribution < -0.4 is 20.9 Å². The van der Waals surface area contributed by atoms with Crippen LogP contribution in [0.1, 0.15) is 19.8 Å². The van der Waals surface area contributed by atoms with E-state index in [1.54, 1.807) is 0 Å². The summed E-state index contributed by atoms with van der Waals surface area (Å²) in [6.07, 6.45) is 1.82. The minimum atomic E-state index is 0.104. The van der Waals surface area contributed by atoms with Gasteiger partial charge in [0, 0.05) is 29.9 Å². The van der Waals surface area contributed by atoms with E-state index in [9.17, 15) is 0 Å². The first-order chi connectivity index (χ1) is 10.2. The molecule has 0 bridgehead atoms. The van der Waals surface area contributed by atoms with Crippen molar-refractivity contribution in [2.45, 2.75) is 25.9 Å². The summed E-state index contributed by atoms with van der Waals surface area (Å²) in [5.41, 5.74) is 12.9. The second kappa shape index (κ2) is 7.43. The van der Waals surface area contributed by atoms with Crippen LogP contribution in [0.2, 0.25) is 0 Å². The number of hydrogen-bond donors (Lipinski definition) is 2. The molecule has 0 spiro atoms. The van der Waals surface area contributed by atoms with Crippen molar-refractivity contribution in [1.29, 1.82) is 0 Å². The van der Waals surface area contributed by atoms with Gasteiger partial charge in [-0.25, -0.2) is 0 Å². The standard InChI is InChI=1S/C17H22N2O2/c1-2-15(21-17-8-4-6-14(19)12-17)9-10-20-16-7-3-5-13(18)11-16/h3-8,11-12,15H,2,9-10,18-19H2,1H3. The molecule has 2 rings (SSSR count). The molecule has 0 saturated heterocycles. The van der Waals surface area contributed by atoms with Crippen LogP contribution in [-0.4, -0.2) is 12.7 Å². The van der Waals surface area contributed by atoms with E-state index in [1.807, 2.05) is 48.5 Å². The second-order valence-electron chi connectivity index (χ2n) is 4.93. The van der Waals surface area contributed by atoms with Gasteiger partial charge in [0.25, 0.3) is 0 Å². The molecule has 4 nitrogen and oxygen atoms in total. The van der Waals surface area contributed by atoms with E-state index in [0.29, 0.717) is 18.0 Å². The lowest BCUT2D eigenvalue weighted by Crippen LogP contribution is -2.18. The molecule has 1 unspecified atom stereocenters. The van der Waals surface area contributed by atoms with Crippen molar-refractivity contribution < 1.29 is 9.47 Å². The molecule has 0 aliphatic heterocycles. The number of rotatable bonds is 7. The third-order valence-electron chi connectivity index (χ3n) is 3.18. The van der Waals surface area contributed by atoms with Crippen LogP contribution in [-0.2, 0) is 0 Å². The van der Waals surface area contributed by atoms with E-state index >= 15 is 0 Å². The summed E-state index contributed by atoms with van der Waals surface area (Å²) in [5.74, 6) is 1.58. The van der Waals surface area contributed by atoms with Crippen molar-refractivity contribution in [2.75, 3.05) is 18.1 Å². The zero-order chi connectivity index (χ0) is 15.1. The number of nitrogens with two attached hydrogens (primary N) is 2. The molecule has 1 atom stereocenters. The van der Waals surface area contributed by atoms with Gasteiger partial charge in [-0.05, 0) is 30.7 Å². The van der Waals surface area contributed by atoms with Crippen LogP contribution in [0.4, 0.5) is 11.4 Å². The lowest BCUT2D eigenvalue weighted by molar-refractivity contribution is 0.158. The molecule has 0 fully saturated rings. The maximum atomic E-state index is 5.92. The molecule has 2 aromatic carbocycles. The summed E-state index contributed by atoms with van der Waals surface area (Å²) >= 11 is 0. The highest BCUT2D eigenvalue weighted by atomic mass is 16.5. The highest BCUT2D eigenvalue weighted by molar-refractivity contribution is 5.44. The van der Waals surface area contributed by atoms with Crippen molar-refractivity contribution in [3.63, 3.8) is 0 Å². The Morgan fingerprint density at radius 1 is 0.952 bits per heavy atom. The van der Waals surface area contributed by atoms with Gasteiger partial charge in [0.05, 0.1) is 6.61 Å². The lowest BCUT2D eigenvalue weighted by atomic mass is 10.2. The zero-order valence-corrected chi connectivity index (χ0v) is 12.3. The molecule has 112 valence electrons. The highest BCUT2D eigenvalue weighted by Gasteiger charge is 2.09. The molecule has 0 amide bonds. The van der Waals surface area contributed by atoms with Gasteiger partial charge in [-0.3, -0.25) is 0 Å². The maximum absolute atomic E-state index is 5.92. The SMILES string of the molecule is CCC(CCOc1cccc(N)c1)Oc1cccc(N)c1. The predicted octanol–water partition coefficient (Wildman–Crippen LogP) is 3.48. The van der Waals surface area contributed by atoms with Crippen LogP contribution in [0.25, 0.3) is 0 Å². The minimum absolute atomic E-state index is 0.104. The van der Waals surface area contributed by atoms with Crippen LogP contribution in [0.5, 0.6) is 11.5 Å². The van der Waals surface area contributed by atoms with Crippen molar-refractivity contribution in [3.8, 4) is 11.5 Å². The molecule has 0 aliphatic carbocycles. The van der Waals surface area contributed by atoms with Gasteiger partial charge in [0.15, 0.2) is 0 Å². The maximum Gasteiger partial charge on any atom is 0.121 e. The van der Waals surface area contributed by atoms with Crippen LogP contribution in [0.15, 0.2) is 48.5 Å². The van der Waals surface area contributed by atoms with Gasteiger partial charge in [-0.15, -0.1) is 0 Å². The summed E-state index contributed by atoms with van der Waals surface area (Å²) in [6, 6.07) is 14.9. The number of nitrogen functional groups attached to an aromatic ring is 2. The molecule has 0 heterocycles. The Hall–Kier alpha value is -2.36. The number of hydrogen-bond acceptors (Lipinski definition) is 4. The molecule has 0 aliphatic rings. The molecule has 0 aromatic heterocycles. The van der Waals surface area contributed by atoms with Crippen molar-refractivity contribution >= 4 is 11.4 Å². The van der Waals surface area contributed by atoms with E-state index in [4.69, 9.17) is 20.9 Å². The van der Waals surface area contributed by atoms with Gasteiger partial charge in [-0.1, -0.05) is 19.1 Å². The predicted molar refractivity (Wildman–Crippen MR) is 86.5 cm³/mol. The minimum Gasteiger partial charge on any atom is -0.493 e. The topological polar surface area (TPSA) is 70.5 Å². The number of ether oxygens (including phenoxy) is 2. The van der Waals surface area contributed by atoms with E-state index in [0.717, 1.165) is 24.3 Å². The molecule has 0 saturated carbocycles. The van der Waals surface area contributed by atoms with Crippen molar-refractivity contribution in [2.24, 2.45) is 0 Å².